The normalized spacial score (nSPS) is 25.7. The first-order chi connectivity index (χ1) is 10.6. The Balaban J connectivity index is 1.60. The Labute approximate surface area is 133 Å². The molecule has 1 saturated carbocycles. The molecule has 4 heteroatoms. The Morgan fingerprint density at radius 1 is 1.27 bits per heavy atom. The summed E-state index contributed by atoms with van der Waals surface area (Å²) in [4.78, 5) is 17.0. The van der Waals surface area contributed by atoms with Crippen molar-refractivity contribution in [3.8, 4) is 0 Å². The Morgan fingerprint density at radius 2 is 1.91 bits per heavy atom. The first-order valence-electron chi connectivity index (χ1n) is 8.32. The third kappa shape index (κ3) is 3.61. The largest absolute Gasteiger partial charge is 0.445 e. The first kappa shape index (κ1) is 15.3. The molecule has 2 aliphatic rings. The molecular formula is C18H26N2O2. The molecule has 0 bridgehead atoms. The molecule has 1 saturated heterocycles. The van der Waals surface area contributed by atoms with Gasteiger partial charge in [0.25, 0.3) is 0 Å². The Bertz CT molecular complexity index is 497. The monoisotopic (exact) mass is 302 g/mol. The maximum absolute atomic E-state index is 12.6. The van der Waals surface area contributed by atoms with Crippen LogP contribution in [0.4, 0.5) is 4.79 Å². The number of amides is 1. The molecule has 1 aliphatic heterocycles. The number of hydrogen-bond donors (Lipinski definition) is 0. The van der Waals surface area contributed by atoms with E-state index in [0.717, 1.165) is 37.9 Å². The molecule has 22 heavy (non-hydrogen) atoms. The molecule has 1 aliphatic carbocycles. The van der Waals surface area contributed by atoms with Crippen molar-refractivity contribution in [1.29, 1.82) is 0 Å². The molecule has 1 aromatic rings. The minimum absolute atomic E-state index is 0.132. The first-order valence-corrected chi connectivity index (χ1v) is 8.32. The fourth-order valence-electron chi connectivity index (χ4n) is 3.31. The van der Waals surface area contributed by atoms with Crippen LogP contribution >= 0.6 is 0 Å². The lowest BCUT2D eigenvalue weighted by Crippen LogP contribution is -2.48. The number of ether oxygens (including phenoxy) is 1. The van der Waals surface area contributed by atoms with Crippen LogP contribution in [0, 0.1) is 5.92 Å². The number of likely N-dealkylation sites (tertiary alicyclic amines) is 1. The second-order valence-corrected chi connectivity index (χ2v) is 6.76. The lowest BCUT2D eigenvalue weighted by atomic mass is 10.0. The van der Waals surface area contributed by atoms with Gasteiger partial charge in [0.2, 0.25) is 0 Å². The summed E-state index contributed by atoms with van der Waals surface area (Å²) in [6, 6.07) is 10.6. The predicted octanol–water partition coefficient (Wildman–Crippen LogP) is 3.13. The van der Waals surface area contributed by atoms with Crippen LogP contribution in [0.5, 0.6) is 0 Å². The molecule has 120 valence electrons. The summed E-state index contributed by atoms with van der Waals surface area (Å²) in [5, 5.41) is 0. The zero-order chi connectivity index (χ0) is 15.5. The van der Waals surface area contributed by atoms with E-state index >= 15 is 0 Å². The SMILES string of the molecule is CC1CC1N(C(=O)OCc1ccccc1)C1CCN(C)CC1. The number of hydrogen-bond acceptors (Lipinski definition) is 3. The van der Waals surface area contributed by atoms with Crippen LogP contribution < -0.4 is 0 Å². The number of carbonyl (C=O) groups is 1. The van der Waals surface area contributed by atoms with Crippen LogP contribution in [-0.4, -0.2) is 48.1 Å². The smallest absolute Gasteiger partial charge is 0.410 e. The van der Waals surface area contributed by atoms with E-state index in [2.05, 4.69) is 18.9 Å². The molecule has 2 unspecified atom stereocenters. The van der Waals surface area contributed by atoms with Crippen LogP contribution in [0.1, 0.15) is 31.7 Å². The minimum atomic E-state index is -0.132. The van der Waals surface area contributed by atoms with Gasteiger partial charge in [0.05, 0.1) is 0 Å². The van der Waals surface area contributed by atoms with Gasteiger partial charge in [-0.1, -0.05) is 37.3 Å². The van der Waals surface area contributed by atoms with E-state index in [9.17, 15) is 4.79 Å². The van der Waals surface area contributed by atoms with E-state index in [1.807, 2.05) is 35.2 Å². The fourth-order valence-corrected chi connectivity index (χ4v) is 3.31. The molecule has 0 N–H and O–H groups in total. The lowest BCUT2D eigenvalue weighted by molar-refractivity contribution is 0.0583. The number of carbonyl (C=O) groups excluding carboxylic acids is 1. The molecule has 4 nitrogen and oxygen atoms in total. The topological polar surface area (TPSA) is 32.8 Å². The Morgan fingerprint density at radius 3 is 2.50 bits per heavy atom. The molecule has 1 heterocycles. The zero-order valence-electron chi connectivity index (χ0n) is 13.6. The Kier molecular flexibility index (Phi) is 4.67. The molecule has 0 radical (unpaired) electrons. The lowest BCUT2D eigenvalue weighted by Gasteiger charge is -2.37. The van der Waals surface area contributed by atoms with Crippen molar-refractivity contribution < 1.29 is 9.53 Å². The van der Waals surface area contributed by atoms with Crippen LogP contribution in [-0.2, 0) is 11.3 Å². The maximum Gasteiger partial charge on any atom is 0.410 e. The van der Waals surface area contributed by atoms with Crippen molar-refractivity contribution in [2.45, 2.75) is 44.9 Å². The quantitative estimate of drug-likeness (QED) is 0.856. The minimum Gasteiger partial charge on any atom is -0.445 e. The molecule has 0 spiro atoms. The molecule has 2 fully saturated rings. The van der Waals surface area contributed by atoms with Crippen molar-refractivity contribution in [3.05, 3.63) is 35.9 Å². The highest BCUT2D eigenvalue weighted by atomic mass is 16.6. The third-order valence-electron chi connectivity index (χ3n) is 4.92. The average molecular weight is 302 g/mol. The highest BCUT2D eigenvalue weighted by Crippen LogP contribution is 2.38. The molecule has 1 amide bonds. The van der Waals surface area contributed by atoms with Gasteiger partial charge in [-0.2, -0.15) is 0 Å². The van der Waals surface area contributed by atoms with Gasteiger partial charge in [-0.05, 0) is 50.9 Å². The van der Waals surface area contributed by atoms with Gasteiger partial charge in [-0.15, -0.1) is 0 Å². The molecule has 1 aromatic carbocycles. The molecule has 3 rings (SSSR count). The Hall–Kier alpha value is -1.55. The van der Waals surface area contributed by atoms with E-state index in [0.29, 0.717) is 24.6 Å². The second kappa shape index (κ2) is 6.69. The number of rotatable bonds is 4. The van der Waals surface area contributed by atoms with Crippen molar-refractivity contribution in [1.82, 2.24) is 9.80 Å². The van der Waals surface area contributed by atoms with Crippen molar-refractivity contribution in [2.24, 2.45) is 5.92 Å². The van der Waals surface area contributed by atoms with Crippen LogP contribution in [0.25, 0.3) is 0 Å². The van der Waals surface area contributed by atoms with E-state index in [1.165, 1.54) is 0 Å². The van der Waals surface area contributed by atoms with Gasteiger partial charge in [0.1, 0.15) is 6.61 Å². The van der Waals surface area contributed by atoms with Crippen molar-refractivity contribution in [2.75, 3.05) is 20.1 Å². The van der Waals surface area contributed by atoms with Crippen molar-refractivity contribution in [3.63, 3.8) is 0 Å². The van der Waals surface area contributed by atoms with E-state index in [1.54, 1.807) is 0 Å². The highest BCUT2D eigenvalue weighted by Gasteiger charge is 2.44. The van der Waals surface area contributed by atoms with Gasteiger partial charge in [-0.3, -0.25) is 0 Å². The van der Waals surface area contributed by atoms with Crippen LogP contribution in [0.15, 0.2) is 30.3 Å². The average Bonchev–Trinajstić information content (AvgIpc) is 3.25. The molecule has 2 atom stereocenters. The van der Waals surface area contributed by atoms with Crippen LogP contribution in [0.3, 0.4) is 0 Å². The summed E-state index contributed by atoms with van der Waals surface area (Å²) in [7, 11) is 2.15. The molecule has 0 aromatic heterocycles. The van der Waals surface area contributed by atoms with E-state index < -0.39 is 0 Å². The van der Waals surface area contributed by atoms with Gasteiger partial charge >= 0.3 is 6.09 Å². The predicted molar refractivity (Wildman–Crippen MR) is 86.6 cm³/mol. The fraction of sp³-hybridized carbons (Fsp3) is 0.611. The van der Waals surface area contributed by atoms with Gasteiger partial charge in [-0.25, -0.2) is 4.79 Å². The third-order valence-corrected chi connectivity index (χ3v) is 4.92. The summed E-state index contributed by atoms with van der Waals surface area (Å²) < 4.78 is 5.59. The van der Waals surface area contributed by atoms with E-state index in [-0.39, 0.29) is 6.09 Å². The summed E-state index contributed by atoms with van der Waals surface area (Å²) in [6.45, 7) is 4.71. The van der Waals surface area contributed by atoms with E-state index in [4.69, 9.17) is 4.74 Å². The molecular weight excluding hydrogens is 276 g/mol. The van der Waals surface area contributed by atoms with Gasteiger partial charge in [0, 0.05) is 12.1 Å². The number of nitrogens with zero attached hydrogens (tertiary/aromatic N) is 2. The summed E-state index contributed by atoms with van der Waals surface area (Å²) in [5.41, 5.74) is 1.04. The number of benzene rings is 1. The second-order valence-electron chi connectivity index (χ2n) is 6.76. The number of piperidine rings is 1. The maximum atomic E-state index is 12.6. The zero-order valence-corrected chi connectivity index (χ0v) is 13.6. The standard InChI is InChI=1S/C18H26N2O2/c1-14-12-17(14)20(16-8-10-19(2)11-9-16)18(21)22-13-15-6-4-3-5-7-15/h3-7,14,16-17H,8-13H2,1-2H3. The van der Waals surface area contributed by atoms with Crippen molar-refractivity contribution >= 4 is 6.09 Å². The van der Waals surface area contributed by atoms with Gasteiger partial charge < -0.3 is 14.5 Å². The van der Waals surface area contributed by atoms with Crippen LogP contribution in [0.2, 0.25) is 0 Å². The summed E-state index contributed by atoms with van der Waals surface area (Å²) >= 11 is 0. The van der Waals surface area contributed by atoms with Gasteiger partial charge in [0.15, 0.2) is 0 Å². The summed E-state index contributed by atoms with van der Waals surface area (Å²) in [5.74, 6) is 0.615. The highest BCUT2D eigenvalue weighted by molar-refractivity contribution is 5.69. The summed E-state index contributed by atoms with van der Waals surface area (Å²) in [6.07, 6.45) is 3.10.